The predicted molar refractivity (Wildman–Crippen MR) is 101 cm³/mol. The monoisotopic (exact) mass is 403 g/mol. The van der Waals surface area contributed by atoms with E-state index in [0.29, 0.717) is 19.8 Å². The van der Waals surface area contributed by atoms with Crippen LogP contribution < -0.4 is 9.47 Å². The largest absolute Gasteiger partial charge is 0.573 e. The van der Waals surface area contributed by atoms with E-state index in [4.69, 9.17) is 4.74 Å². The Hall–Kier alpha value is -3.00. The van der Waals surface area contributed by atoms with Gasteiger partial charge in [-0.25, -0.2) is 0 Å². The summed E-state index contributed by atoms with van der Waals surface area (Å²) in [6, 6.07) is 11.7. The molecule has 0 radical (unpaired) electrons. The van der Waals surface area contributed by atoms with E-state index in [2.05, 4.69) is 14.7 Å². The Morgan fingerprint density at radius 1 is 1.10 bits per heavy atom. The summed E-state index contributed by atoms with van der Waals surface area (Å²) in [7, 11) is 0. The molecule has 0 fully saturated rings. The Morgan fingerprint density at radius 3 is 2.55 bits per heavy atom. The second-order valence-electron chi connectivity index (χ2n) is 6.99. The van der Waals surface area contributed by atoms with Gasteiger partial charge in [-0.3, -0.25) is 9.58 Å². The Kier molecular flexibility index (Phi) is 5.19. The topological polar surface area (TPSA) is 39.5 Å². The average molecular weight is 403 g/mol. The minimum atomic E-state index is -4.69. The molecule has 2 heterocycles. The van der Waals surface area contributed by atoms with Gasteiger partial charge in [0.25, 0.3) is 0 Å². The summed E-state index contributed by atoms with van der Waals surface area (Å²) in [5.74, 6) is 0.588. The van der Waals surface area contributed by atoms with Gasteiger partial charge in [0, 0.05) is 24.8 Å². The zero-order valence-corrected chi connectivity index (χ0v) is 15.8. The molecule has 29 heavy (non-hydrogen) atoms. The molecule has 1 aliphatic heterocycles. The van der Waals surface area contributed by atoms with Crippen LogP contribution in [0.15, 0.2) is 54.9 Å². The van der Waals surface area contributed by atoms with Gasteiger partial charge >= 0.3 is 6.36 Å². The van der Waals surface area contributed by atoms with Gasteiger partial charge in [-0.15, -0.1) is 13.2 Å². The second kappa shape index (κ2) is 7.79. The number of rotatable bonds is 4. The number of benzene rings is 2. The van der Waals surface area contributed by atoms with Gasteiger partial charge in [0.05, 0.1) is 12.9 Å². The maximum Gasteiger partial charge on any atom is 0.573 e. The van der Waals surface area contributed by atoms with Crippen LogP contribution in [0, 0.1) is 6.92 Å². The van der Waals surface area contributed by atoms with Crippen LogP contribution >= 0.6 is 0 Å². The quantitative estimate of drug-likeness (QED) is 0.638. The SMILES string of the molecule is Cc1cnn(CN2CCOc3ccc(-c4ccc(OC(F)(F)F)cc4)cc3C2)c1. The standard InChI is InChI=1S/C21H20F3N3O2/c1-15-11-25-27(12-15)14-26-8-9-28-20-7-4-17(10-18(20)13-26)16-2-5-19(6-3-16)29-21(22,23)24/h2-7,10-12H,8-9,13-14H2,1H3. The zero-order valence-electron chi connectivity index (χ0n) is 15.8. The average Bonchev–Trinajstić information content (AvgIpc) is 2.95. The third-order valence-electron chi connectivity index (χ3n) is 4.65. The van der Waals surface area contributed by atoms with Crippen molar-refractivity contribution in [1.82, 2.24) is 14.7 Å². The number of aromatic nitrogens is 2. The molecule has 0 N–H and O–H groups in total. The van der Waals surface area contributed by atoms with Crippen LogP contribution in [-0.4, -0.2) is 34.2 Å². The molecule has 1 aromatic heterocycles. The molecule has 3 aromatic rings. The van der Waals surface area contributed by atoms with Gasteiger partial charge in [0.2, 0.25) is 0 Å². The van der Waals surface area contributed by atoms with Crippen LogP contribution in [0.2, 0.25) is 0 Å². The number of hydrogen-bond acceptors (Lipinski definition) is 4. The molecule has 152 valence electrons. The number of fused-ring (bicyclic) bond motifs is 1. The highest BCUT2D eigenvalue weighted by Gasteiger charge is 2.31. The Balaban J connectivity index is 1.53. The van der Waals surface area contributed by atoms with Crippen molar-refractivity contribution >= 4 is 0 Å². The number of nitrogens with zero attached hydrogens (tertiary/aromatic N) is 3. The van der Waals surface area contributed by atoms with Gasteiger partial charge in [-0.05, 0) is 47.9 Å². The maximum atomic E-state index is 12.3. The van der Waals surface area contributed by atoms with Crippen molar-refractivity contribution in [3.63, 3.8) is 0 Å². The summed E-state index contributed by atoms with van der Waals surface area (Å²) >= 11 is 0. The number of halogens is 3. The van der Waals surface area contributed by atoms with E-state index in [1.807, 2.05) is 42.2 Å². The molecule has 0 bridgehead atoms. The minimum Gasteiger partial charge on any atom is -0.492 e. The van der Waals surface area contributed by atoms with Crippen molar-refractivity contribution in [3.05, 3.63) is 66.0 Å². The summed E-state index contributed by atoms with van der Waals surface area (Å²) in [4.78, 5) is 2.24. The summed E-state index contributed by atoms with van der Waals surface area (Å²) in [6.07, 6.45) is -0.875. The first kappa shape index (κ1) is 19.3. The van der Waals surface area contributed by atoms with E-state index in [1.165, 1.54) is 12.1 Å². The summed E-state index contributed by atoms with van der Waals surface area (Å²) < 4.78 is 48.7. The fourth-order valence-corrected chi connectivity index (χ4v) is 3.35. The van der Waals surface area contributed by atoms with Crippen molar-refractivity contribution in [2.24, 2.45) is 0 Å². The molecule has 4 rings (SSSR count). The van der Waals surface area contributed by atoms with Gasteiger partial charge < -0.3 is 9.47 Å². The summed E-state index contributed by atoms with van der Waals surface area (Å²) in [5.41, 5.74) is 3.85. The lowest BCUT2D eigenvalue weighted by molar-refractivity contribution is -0.274. The molecular weight excluding hydrogens is 383 g/mol. The lowest BCUT2D eigenvalue weighted by Gasteiger charge is -2.19. The van der Waals surface area contributed by atoms with Gasteiger partial charge in [0.15, 0.2) is 0 Å². The van der Waals surface area contributed by atoms with Crippen molar-refractivity contribution in [2.45, 2.75) is 26.5 Å². The third-order valence-corrected chi connectivity index (χ3v) is 4.65. The van der Waals surface area contributed by atoms with E-state index in [1.54, 1.807) is 12.1 Å². The predicted octanol–water partition coefficient (Wildman–Crippen LogP) is 4.61. The third kappa shape index (κ3) is 4.89. The van der Waals surface area contributed by atoms with Crippen LogP contribution in [0.3, 0.4) is 0 Å². The Bertz CT molecular complexity index is 984. The molecular formula is C21H20F3N3O2. The van der Waals surface area contributed by atoms with Gasteiger partial charge in [-0.1, -0.05) is 18.2 Å². The van der Waals surface area contributed by atoms with Gasteiger partial charge in [-0.2, -0.15) is 5.10 Å². The first-order valence-corrected chi connectivity index (χ1v) is 9.19. The smallest absolute Gasteiger partial charge is 0.492 e. The minimum absolute atomic E-state index is 0.236. The number of ether oxygens (including phenoxy) is 2. The van der Waals surface area contributed by atoms with Crippen molar-refractivity contribution in [3.8, 4) is 22.6 Å². The van der Waals surface area contributed by atoms with Crippen LogP contribution in [0.25, 0.3) is 11.1 Å². The van der Waals surface area contributed by atoms with E-state index < -0.39 is 6.36 Å². The molecule has 5 nitrogen and oxygen atoms in total. The number of aryl methyl sites for hydroxylation is 1. The normalized spacial score (nSPS) is 14.8. The Labute approximate surface area is 166 Å². The van der Waals surface area contributed by atoms with Crippen LogP contribution in [0.1, 0.15) is 11.1 Å². The molecule has 0 spiro atoms. The van der Waals surface area contributed by atoms with Crippen molar-refractivity contribution < 1.29 is 22.6 Å². The molecule has 8 heteroatoms. The molecule has 0 amide bonds. The highest BCUT2D eigenvalue weighted by molar-refractivity contribution is 5.66. The first-order valence-electron chi connectivity index (χ1n) is 9.19. The maximum absolute atomic E-state index is 12.3. The van der Waals surface area contributed by atoms with E-state index >= 15 is 0 Å². The van der Waals surface area contributed by atoms with E-state index in [9.17, 15) is 13.2 Å². The molecule has 0 unspecified atom stereocenters. The van der Waals surface area contributed by atoms with Gasteiger partial charge in [0.1, 0.15) is 18.1 Å². The molecule has 0 saturated carbocycles. The van der Waals surface area contributed by atoms with Crippen molar-refractivity contribution in [2.75, 3.05) is 13.2 Å². The van der Waals surface area contributed by atoms with Crippen molar-refractivity contribution in [1.29, 1.82) is 0 Å². The first-order chi connectivity index (χ1) is 13.9. The Morgan fingerprint density at radius 2 is 1.86 bits per heavy atom. The second-order valence-corrected chi connectivity index (χ2v) is 6.99. The molecule has 0 atom stereocenters. The van der Waals surface area contributed by atoms with E-state index in [0.717, 1.165) is 34.5 Å². The van der Waals surface area contributed by atoms with E-state index in [-0.39, 0.29) is 5.75 Å². The number of hydrogen-bond donors (Lipinski definition) is 0. The molecule has 1 aliphatic rings. The lowest BCUT2D eigenvalue weighted by atomic mass is 10.0. The fourth-order valence-electron chi connectivity index (χ4n) is 3.35. The number of alkyl halides is 3. The highest BCUT2D eigenvalue weighted by Crippen LogP contribution is 2.31. The zero-order chi connectivity index (χ0) is 20.4. The summed E-state index contributed by atoms with van der Waals surface area (Å²) in [6.45, 7) is 4.70. The van der Waals surface area contributed by atoms with Crippen LogP contribution in [0.5, 0.6) is 11.5 Å². The highest BCUT2D eigenvalue weighted by atomic mass is 19.4. The van der Waals surface area contributed by atoms with Crippen LogP contribution in [0.4, 0.5) is 13.2 Å². The van der Waals surface area contributed by atoms with Crippen LogP contribution in [-0.2, 0) is 13.2 Å². The summed E-state index contributed by atoms with van der Waals surface area (Å²) in [5, 5.41) is 4.34. The lowest BCUT2D eigenvalue weighted by Crippen LogP contribution is -2.28. The molecule has 0 aliphatic carbocycles. The fraction of sp³-hybridized carbons (Fsp3) is 0.286. The molecule has 2 aromatic carbocycles. The molecule has 0 saturated heterocycles.